The first-order chi connectivity index (χ1) is 13.4. The van der Waals surface area contributed by atoms with E-state index in [2.05, 4.69) is 0 Å². The molecule has 3 aromatic carbocycles. The van der Waals surface area contributed by atoms with Crippen molar-refractivity contribution in [3.05, 3.63) is 95.6 Å². The van der Waals surface area contributed by atoms with E-state index < -0.39 is 10.4 Å². The summed E-state index contributed by atoms with van der Waals surface area (Å²) in [5.41, 5.74) is 10.7. The predicted molar refractivity (Wildman–Crippen MR) is 112 cm³/mol. The number of para-hydroxylation sites is 1. The van der Waals surface area contributed by atoms with E-state index in [0.29, 0.717) is 17.7 Å². The summed E-state index contributed by atoms with van der Waals surface area (Å²) >= 11 is 0. The lowest BCUT2D eigenvalue weighted by molar-refractivity contribution is 0.386. The van der Waals surface area contributed by atoms with Gasteiger partial charge in [-0.15, -0.1) is 0 Å². The van der Waals surface area contributed by atoms with Gasteiger partial charge < -0.3 is 9.92 Å². The molecule has 0 atom stereocenters. The summed E-state index contributed by atoms with van der Waals surface area (Å²) < 4.78 is 36.8. The smallest absolute Gasteiger partial charge is 0.399 e. The van der Waals surface area contributed by atoms with E-state index in [0.717, 1.165) is 22.3 Å². The summed E-state index contributed by atoms with van der Waals surface area (Å²) in [6.45, 7) is 2.03. The van der Waals surface area contributed by atoms with E-state index in [4.69, 9.17) is 9.92 Å². The van der Waals surface area contributed by atoms with Gasteiger partial charge in [0.15, 0.2) is 5.75 Å². The van der Waals surface area contributed by atoms with E-state index in [1.165, 1.54) is 6.07 Å². The molecule has 3 rings (SSSR count). The Labute approximate surface area is 165 Å². The number of hydrogen-bond donors (Lipinski definition) is 2. The van der Waals surface area contributed by atoms with Gasteiger partial charge in [0.05, 0.1) is 0 Å². The summed E-state index contributed by atoms with van der Waals surface area (Å²) in [4.78, 5) is 0. The van der Waals surface area contributed by atoms with Crippen LogP contribution in [0.15, 0.2) is 78.9 Å². The van der Waals surface area contributed by atoms with Gasteiger partial charge in [-0.25, -0.2) is 0 Å². The van der Waals surface area contributed by atoms with Crippen molar-refractivity contribution in [2.24, 2.45) is 0 Å². The average molecular weight is 395 g/mol. The normalized spacial score (nSPS) is 12.4. The second-order valence-electron chi connectivity index (χ2n) is 6.20. The monoisotopic (exact) mass is 395 g/mol. The van der Waals surface area contributed by atoms with Crippen LogP contribution in [0.1, 0.15) is 30.0 Å². The van der Waals surface area contributed by atoms with E-state index in [9.17, 15) is 13.0 Å². The molecule has 3 N–H and O–H groups in total. The first-order valence-electron chi connectivity index (χ1n) is 8.80. The minimum Gasteiger partial charge on any atom is -0.399 e. The van der Waals surface area contributed by atoms with Gasteiger partial charge in [-0.2, -0.15) is 8.42 Å². The Morgan fingerprint density at radius 3 is 2.11 bits per heavy atom. The maximum absolute atomic E-state index is 11.4. The molecule has 0 aliphatic heterocycles. The lowest BCUT2D eigenvalue weighted by Crippen LogP contribution is -2.08. The number of anilines is 1. The lowest BCUT2D eigenvalue weighted by atomic mass is 9.88. The highest BCUT2D eigenvalue weighted by Crippen LogP contribution is 2.38. The van der Waals surface area contributed by atoms with Gasteiger partial charge in [-0.1, -0.05) is 67.6 Å². The highest BCUT2D eigenvalue weighted by Gasteiger charge is 2.19. The second-order valence-corrected chi connectivity index (χ2v) is 7.22. The highest BCUT2D eigenvalue weighted by atomic mass is 32.3. The molecule has 0 saturated heterocycles. The first-order valence-corrected chi connectivity index (χ1v) is 10.2. The molecule has 0 heterocycles. The Bertz CT molecular complexity index is 1090. The van der Waals surface area contributed by atoms with Gasteiger partial charge in [0.25, 0.3) is 0 Å². The number of allylic oxidation sites excluding steroid dienone is 1. The molecule has 0 aliphatic carbocycles. The maximum atomic E-state index is 11.4. The van der Waals surface area contributed by atoms with Crippen molar-refractivity contribution in [1.29, 1.82) is 0 Å². The summed E-state index contributed by atoms with van der Waals surface area (Å²) in [5.74, 6) is 0.0544. The zero-order valence-corrected chi connectivity index (χ0v) is 16.2. The molecular weight excluding hydrogens is 374 g/mol. The molecule has 0 radical (unpaired) electrons. The Hall–Kier alpha value is -3.09. The van der Waals surface area contributed by atoms with Gasteiger partial charge in [-0.05, 0) is 46.9 Å². The SMILES string of the molecule is CCC(=C(c1ccc(N)cc1)c1ccccc1OS(=O)(=O)O)c1ccccc1. The summed E-state index contributed by atoms with van der Waals surface area (Å²) in [5, 5.41) is 0. The molecule has 0 aromatic heterocycles. The Balaban J connectivity index is 2.33. The van der Waals surface area contributed by atoms with Crippen LogP contribution in [0.4, 0.5) is 5.69 Å². The van der Waals surface area contributed by atoms with Crippen LogP contribution in [0.3, 0.4) is 0 Å². The fourth-order valence-corrected chi connectivity index (χ4v) is 3.54. The molecule has 6 heteroatoms. The van der Waals surface area contributed by atoms with E-state index >= 15 is 0 Å². The van der Waals surface area contributed by atoms with E-state index in [-0.39, 0.29) is 5.75 Å². The molecule has 0 unspecified atom stereocenters. The van der Waals surface area contributed by atoms with Crippen molar-refractivity contribution in [3.63, 3.8) is 0 Å². The van der Waals surface area contributed by atoms with Crippen LogP contribution in [-0.4, -0.2) is 13.0 Å². The lowest BCUT2D eigenvalue weighted by Gasteiger charge is -2.18. The van der Waals surface area contributed by atoms with Crippen LogP contribution in [0.25, 0.3) is 11.1 Å². The van der Waals surface area contributed by atoms with Crippen molar-refractivity contribution in [2.45, 2.75) is 13.3 Å². The van der Waals surface area contributed by atoms with Crippen molar-refractivity contribution in [1.82, 2.24) is 0 Å². The topological polar surface area (TPSA) is 89.6 Å². The summed E-state index contributed by atoms with van der Waals surface area (Å²) in [6.07, 6.45) is 0.698. The molecule has 28 heavy (non-hydrogen) atoms. The molecule has 144 valence electrons. The Morgan fingerprint density at radius 1 is 0.893 bits per heavy atom. The van der Waals surface area contributed by atoms with Crippen LogP contribution in [-0.2, 0) is 10.4 Å². The largest absolute Gasteiger partial charge is 0.446 e. The second kappa shape index (κ2) is 8.29. The van der Waals surface area contributed by atoms with Crippen molar-refractivity contribution in [2.75, 3.05) is 5.73 Å². The van der Waals surface area contributed by atoms with Crippen LogP contribution in [0.5, 0.6) is 5.75 Å². The number of nitrogens with two attached hydrogens (primary N) is 1. The molecule has 0 saturated carbocycles. The molecule has 0 amide bonds. The predicted octanol–water partition coefficient (Wildman–Crippen LogP) is 4.82. The van der Waals surface area contributed by atoms with Gasteiger partial charge in [-0.3, -0.25) is 4.55 Å². The molecule has 0 bridgehead atoms. The molecule has 0 aliphatic rings. The van der Waals surface area contributed by atoms with Crippen LogP contribution in [0.2, 0.25) is 0 Å². The molecule has 3 aromatic rings. The van der Waals surface area contributed by atoms with Crippen LogP contribution in [0, 0.1) is 0 Å². The van der Waals surface area contributed by atoms with Crippen LogP contribution < -0.4 is 9.92 Å². The van der Waals surface area contributed by atoms with Gasteiger partial charge >= 0.3 is 10.4 Å². The zero-order valence-electron chi connectivity index (χ0n) is 15.4. The van der Waals surface area contributed by atoms with Crippen LogP contribution >= 0.6 is 0 Å². The Morgan fingerprint density at radius 2 is 1.50 bits per heavy atom. The zero-order chi connectivity index (χ0) is 20.1. The average Bonchev–Trinajstić information content (AvgIpc) is 2.67. The summed E-state index contributed by atoms with van der Waals surface area (Å²) in [6, 6.07) is 23.9. The van der Waals surface area contributed by atoms with Crippen molar-refractivity contribution >= 4 is 27.2 Å². The minimum absolute atomic E-state index is 0.0544. The van der Waals surface area contributed by atoms with Crippen molar-refractivity contribution < 1.29 is 17.2 Å². The van der Waals surface area contributed by atoms with Gasteiger partial charge in [0.2, 0.25) is 0 Å². The maximum Gasteiger partial charge on any atom is 0.446 e. The molecule has 0 fully saturated rings. The highest BCUT2D eigenvalue weighted by molar-refractivity contribution is 7.81. The van der Waals surface area contributed by atoms with Crippen molar-refractivity contribution in [3.8, 4) is 5.75 Å². The first kappa shape index (κ1) is 19.7. The fraction of sp³-hybridized carbons (Fsp3) is 0.0909. The molecule has 0 spiro atoms. The molecular formula is C22H21NO4S. The third kappa shape index (κ3) is 4.60. The standard InChI is InChI=1S/C22H21NO4S/c1-2-19(16-8-4-3-5-9-16)22(17-12-14-18(23)15-13-17)20-10-6-7-11-21(20)27-28(24,25)26/h3-15H,2,23H2,1H3,(H,24,25,26). The van der Waals surface area contributed by atoms with Gasteiger partial charge in [0.1, 0.15) is 0 Å². The molecule has 5 nitrogen and oxygen atoms in total. The summed E-state index contributed by atoms with van der Waals surface area (Å²) in [7, 11) is -4.66. The number of benzene rings is 3. The minimum atomic E-state index is -4.66. The Kier molecular flexibility index (Phi) is 5.82. The van der Waals surface area contributed by atoms with E-state index in [1.807, 2.05) is 49.4 Å². The fourth-order valence-electron chi connectivity index (χ4n) is 3.17. The number of hydrogen-bond acceptors (Lipinski definition) is 4. The number of rotatable bonds is 6. The number of nitrogen functional groups attached to an aromatic ring is 1. The third-order valence-electron chi connectivity index (χ3n) is 4.33. The van der Waals surface area contributed by atoms with Gasteiger partial charge in [0, 0.05) is 11.3 Å². The quantitative estimate of drug-likeness (QED) is 0.355. The van der Waals surface area contributed by atoms with E-state index in [1.54, 1.807) is 30.3 Å². The third-order valence-corrected chi connectivity index (χ3v) is 4.72.